The lowest BCUT2D eigenvalue weighted by molar-refractivity contribution is 0.102. The number of carbonyl (C=O) groups is 1. The minimum absolute atomic E-state index is 0.343. The molecule has 0 aromatic heterocycles. The standard InChI is InChI=1S/C14H9FN2O/c15-12-6-4-11(5-7-12)14(18)17-13-3-1-2-10(8-13)9-16/h1-8H,(H,17,18). The Morgan fingerprint density at radius 2 is 1.89 bits per heavy atom. The molecular formula is C14H9FN2O. The van der Waals surface area contributed by atoms with Gasteiger partial charge < -0.3 is 5.32 Å². The van der Waals surface area contributed by atoms with Gasteiger partial charge in [-0.15, -0.1) is 0 Å². The smallest absolute Gasteiger partial charge is 0.255 e. The van der Waals surface area contributed by atoms with Gasteiger partial charge in [0.05, 0.1) is 11.6 Å². The molecule has 0 spiro atoms. The average Bonchev–Trinajstić information content (AvgIpc) is 2.39. The van der Waals surface area contributed by atoms with Crippen molar-refractivity contribution in [1.82, 2.24) is 0 Å². The molecule has 0 heterocycles. The summed E-state index contributed by atoms with van der Waals surface area (Å²) >= 11 is 0. The van der Waals surface area contributed by atoms with Crippen molar-refractivity contribution in [3.05, 3.63) is 65.5 Å². The SMILES string of the molecule is N#Cc1cccc(NC(=O)c2ccc(F)cc2)c1. The summed E-state index contributed by atoms with van der Waals surface area (Å²) in [5.74, 6) is -0.733. The lowest BCUT2D eigenvalue weighted by Crippen LogP contribution is -2.11. The highest BCUT2D eigenvalue weighted by atomic mass is 19.1. The van der Waals surface area contributed by atoms with Crippen LogP contribution in [0.5, 0.6) is 0 Å². The Morgan fingerprint density at radius 3 is 2.56 bits per heavy atom. The molecular weight excluding hydrogens is 231 g/mol. The molecule has 0 aliphatic heterocycles. The minimum Gasteiger partial charge on any atom is -0.322 e. The summed E-state index contributed by atoms with van der Waals surface area (Å²) in [7, 11) is 0. The molecule has 0 fully saturated rings. The number of nitrogens with zero attached hydrogens (tertiary/aromatic N) is 1. The van der Waals surface area contributed by atoms with Gasteiger partial charge in [-0.25, -0.2) is 4.39 Å². The number of benzene rings is 2. The van der Waals surface area contributed by atoms with Crippen LogP contribution in [0.2, 0.25) is 0 Å². The quantitative estimate of drug-likeness (QED) is 0.877. The molecule has 0 unspecified atom stereocenters. The molecule has 0 saturated heterocycles. The Labute approximate surface area is 103 Å². The van der Waals surface area contributed by atoms with Crippen LogP contribution in [-0.4, -0.2) is 5.91 Å². The zero-order chi connectivity index (χ0) is 13.0. The van der Waals surface area contributed by atoms with E-state index in [0.717, 1.165) is 0 Å². The van der Waals surface area contributed by atoms with Crippen LogP contribution >= 0.6 is 0 Å². The summed E-state index contributed by atoms with van der Waals surface area (Å²) < 4.78 is 12.7. The Balaban J connectivity index is 2.16. The molecule has 0 radical (unpaired) electrons. The van der Waals surface area contributed by atoms with Gasteiger partial charge in [0, 0.05) is 11.3 Å². The molecule has 0 atom stereocenters. The molecule has 0 aliphatic rings. The second-order valence-electron chi connectivity index (χ2n) is 3.65. The summed E-state index contributed by atoms with van der Waals surface area (Å²) in [5, 5.41) is 11.4. The highest BCUT2D eigenvalue weighted by Crippen LogP contribution is 2.12. The number of hydrogen-bond donors (Lipinski definition) is 1. The molecule has 2 aromatic carbocycles. The van der Waals surface area contributed by atoms with Gasteiger partial charge >= 0.3 is 0 Å². The van der Waals surface area contributed by atoms with Crippen molar-refractivity contribution in [2.75, 3.05) is 5.32 Å². The second-order valence-corrected chi connectivity index (χ2v) is 3.65. The first-order valence-electron chi connectivity index (χ1n) is 5.26. The van der Waals surface area contributed by atoms with Gasteiger partial charge in [-0.3, -0.25) is 4.79 Å². The number of hydrogen-bond acceptors (Lipinski definition) is 2. The maximum Gasteiger partial charge on any atom is 0.255 e. The fourth-order valence-electron chi connectivity index (χ4n) is 1.47. The summed E-state index contributed by atoms with van der Waals surface area (Å²) in [6.07, 6.45) is 0. The van der Waals surface area contributed by atoms with E-state index in [-0.39, 0.29) is 5.91 Å². The summed E-state index contributed by atoms with van der Waals surface area (Å²) in [6, 6.07) is 13.8. The van der Waals surface area contributed by atoms with E-state index in [1.165, 1.54) is 24.3 Å². The van der Waals surface area contributed by atoms with Crippen LogP contribution in [0.15, 0.2) is 48.5 Å². The van der Waals surface area contributed by atoms with E-state index in [4.69, 9.17) is 5.26 Å². The highest BCUT2D eigenvalue weighted by Gasteiger charge is 2.06. The van der Waals surface area contributed by atoms with E-state index >= 15 is 0 Å². The molecule has 0 aliphatic carbocycles. The van der Waals surface area contributed by atoms with E-state index in [9.17, 15) is 9.18 Å². The maximum absolute atomic E-state index is 12.7. The topological polar surface area (TPSA) is 52.9 Å². The van der Waals surface area contributed by atoms with Gasteiger partial charge in [0.1, 0.15) is 5.82 Å². The average molecular weight is 240 g/mol. The summed E-state index contributed by atoms with van der Waals surface area (Å²) in [5.41, 5.74) is 1.36. The van der Waals surface area contributed by atoms with E-state index in [2.05, 4.69) is 5.32 Å². The minimum atomic E-state index is -0.391. The van der Waals surface area contributed by atoms with Crippen molar-refractivity contribution in [2.24, 2.45) is 0 Å². The monoisotopic (exact) mass is 240 g/mol. The normalized spacial score (nSPS) is 9.56. The van der Waals surface area contributed by atoms with Crippen LogP contribution in [0.1, 0.15) is 15.9 Å². The van der Waals surface area contributed by atoms with Crippen LogP contribution in [-0.2, 0) is 0 Å². The van der Waals surface area contributed by atoms with Crippen molar-refractivity contribution in [2.45, 2.75) is 0 Å². The Kier molecular flexibility index (Phi) is 3.35. The number of nitriles is 1. The molecule has 18 heavy (non-hydrogen) atoms. The molecule has 1 amide bonds. The Hall–Kier alpha value is -2.67. The van der Waals surface area contributed by atoms with Crippen molar-refractivity contribution >= 4 is 11.6 Å². The van der Waals surface area contributed by atoms with Crippen molar-refractivity contribution in [3.63, 3.8) is 0 Å². The van der Waals surface area contributed by atoms with Crippen molar-refractivity contribution in [3.8, 4) is 6.07 Å². The van der Waals surface area contributed by atoms with Gasteiger partial charge in [0.2, 0.25) is 0 Å². The van der Waals surface area contributed by atoms with Crippen LogP contribution in [0.4, 0.5) is 10.1 Å². The highest BCUT2D eigenvalue weighted by molar-refractivity contribution is 6.04. The zero-order valence-corrected chi connectivity index (χ0v) is 9.35. The van der Waals surface area contributed by atoms with Crippen molar-refractivity contribution in [1.29, 1.82) is 5.26 Å². The van der Waals surface area contributed by atoms with E-state index in [0.29, 0.717) is 16.8 Å². The number of amides is 1. The third kappa shape index (κ3) is 2.71. The Bertz CT molecular complexity index is 614. The fraction of sp³-hybridized carbons (Fsp3) is 0. The molecule has 2 rings (SSSR count). The lowest BCUT2D eigenvalue weighted by atomic mass is 10.2. The number of anilines is 1. The number of nitrogens with one attached hydrogen (secondary N) is 1. The van der Waals surface area contributed by atoms with Gasteiger partial charge in [0.15, 0.2) is 0 Å². The first-order chi connectivity index (χ1) is 8.69. The molecule has 2 aromatic rings. The first kappa shape index (κ1) is 11.8. The summed E-state index contributed by atoms with van der Waals surface area (Å²) in [4.78, 5) is 11.8. The van der Waals surface area contributed by atoms with Gasteiger partial charge in [-0.2, -0.15) is 5.26 Å². The predicted molar refractivity (Wildman–Crippen MR) is 65.5 cm³/mol. The first-order valence-corrected chi connectivity index (χ1v) is 5.26. The van der Waals surface area contributed by atoms with Crippen LogP contribution in [0.3, 0.4) is 0 Å². The van der Waals surface area contributed by atoms with Gasteiger partial charge in [-0.05, 0) is 42.5 Å². The number of rotatable bonds is 2. The molecule has 0 bridgehead atoms. The molecule has 88 valence electrons. The van der Waals surface area contributed by atoms with Crippen LogP contribution in [0.25, 0.3) is 0 Å². The lowest BCUT2D eigenvalue weighted by Gasteiger charge is -2.05. The Morgan fingerprint density at radius 1 is 1.17 bits per heavy atom. The predicted octanol–water partition coefficient (Wildman–Crippen LogP) is 2.95. The van der Waals surface area contributed by atoms with E-state index in [1.54, 1.807) is 24.3 Å². The molecule has 0 saturated carbocycles. The molecule has 1 N–H and O–H groups in total. The number of halogens is 1. The van der Waals surface area contributed by atoms with Crippen LogP contribution < -0.4 is 5.32 Å². The third-order valence-corrected chi connectivity index (χ3v) is 2.36. The molecule has 3 nitrogen and oxygen atoms in total. The van der Waals surface area contributed by atoms with Gasteiger partial charge in [0.25, 0.3) is 5.91 Å². The maximum atomic E-state index is 12.7. The van der Waals surface area contributed by atoms with Gasteiger partial charge in [-0.1, -0.05) is 6.07 Å². The van der Waals surface area contributed by atoms with E-state index < -0.39 is 5.82 Å². The van der Waals surface area contributed by atoms with Crippen molar-refractivity contribution < 1.29 is 9.18 Å². The number of carbonyl (C=O) groups excluding carboxylic acids is 1. The van der Waals surface area contributed by atoms with Crippen LogP contribution in [0, 0.1) is 17.1 Å². The zero-order valence-electron chi connectivity index (χ0n) is 9.35. The van der Waals surface area contributed by atoms with E-state index in [1.807, 2.05) is 6.07 Å². The fourth-order valence-corrected chi connectivity index (χ4v) is 1.47. The molecule has 4 heteroatoms. The third-order valence-electron chi connectivity index (χ3n) is 2.36. The largest absolute Gasteiger partial charge is 0.322 e. The summed E-state index contributed by atoms with van der Waals surface area (Å²) in [6.45, 7) is 0. The second kappa shape index (κ2) is 5.11.